The fourth-order valence-corrected chi connectivity index (χ4v) is 4.66. The SMILES string of the molecule is Cc1ccc(-n2c(Cc3ccccc3)nnc2SCC(=O)Nc2cc(Cl)cc(Cl)c2)cc1C. The molecule has 8 heteroatoms. The number of hydrogen-bond acceptors (Lipinski definition) is 4. The van der Waals surface area contributed by atoms with Gasteiger partial charge < -0.3 is 5.32 Å². The van der Waals surface area contributed by atoms with Crippen LogP contribution in [-0.2, 0) is 11.2 Å². The molecule has 4 aromatic rings. The lowest BCUT2D eigenvalue weighted by Gasteiger charge is -2.12. The number of benzene rings is 3. The van der Waals surface area contributed by atoms with E-state index in [1.54, 1.807) is 18.2 Å². The van der Waals surface area contributed by atoms with Gasteiger partial charge in [0.1, 0.15) is 5.82 Å². The van der Waals surface area contributed by atoms with Crippen LogP contribution in [0.25, 0.3) is 5.69 Å². The van der Waals surface area contributed by atoms with Gasteiger partial charge in [0.05, 0.1) is 5.75 Å². The second-order valence-electron chi connectivity index (χ2n) is 7.66. The molecule has 1 amide bonds. The van der Waals surface area contributed by atoms with E-state index in [4.69, 9.17) is 23.2 Å². The van der Waals surface area contributed by atoms with Gasteiger partial charge in [0.2, 0.25) is 5.91 Å². The van der Waals surface area contributed by atoms with Crippen molar-refractivity contribution < 1.29 is 4.79 Å². The van der Waals surface area contributed by atoms with Gasteiger partial charge in [-0.3, -0.25) is 9.36 Å². The molecule has 3 aromatic carbocycles. The third-order valence-electron chi connectivity index (χ3n) is 5.13. The number of aromatic nitrogens is 3. The molecule has 33 heavy (non-hydrogen) atoms. The highest BCUT2D eigenvalue weighted by molar-refractivity contribution is 7.99. The maximum atomic E-state index is 12.6. The van der Waals surface area contributed by atoms with Gasteiger partial charge in [-0.15, -0.1) is 10.2 Å². The summed E-state index contributed by atoms with van der Waals surface area (Å²) in [6.07, 6.45) is 0.633. The molecule has 0 saturated carbocycles. The van der Waals surface area contributed by atoms with Crippen molar-refractivity contribution in [3.8, 4) is 5.69 Å². The molecule has 4 rings (SSSR count). The third kappa shape index (κ3) is 5.96. The molecule has 0 aliphatic rings. The summed E-state index contributed by atoms with van der Waals surface area (Å²) >= 11 is 13.4. The van der Waals surface area contributed by atoms with Gasteiger partial charge in [0.25, 0.3) is 0 Å². The summed E-state index contributed by atoms with van der Waals surface area (Å²) in [5, 5.41) is 13.3. The highest BCUT2D eigenvalue weighted by Gasteiger charge is 2.17. The fourth-order valence-electron chi connectivity index (χ4n) is 3.36. The minimum absolute atomic E-state index is 0.165. The second kappa shape index (κ2) is 10.4. The Morgan fingerprint density at radius 3 is 2.36 bits per heavy atom. The number of thioether (sulfide) groups is 1. The zero-order valence-corrected chi connectivity index (χ0v) is 20.5. The predicted octanol–water partition coefficient (Wildman–Crippen LogP) is 6.51. The molecule has 0 spiro atoms. The first kappa shape index (κ1) is 23.4. The number of carbonyl (C=O) groups is 1. The van der Waals surface area contributed by atoms with Crippen molar-refractivity contribution in [2.75, 3.05) is 11.1 Å². The van der Waals surface area contributed by atoms with E-state index in [1.807, 2.05) is 22.8 Å². The van der Waals surface area contributed by atoms with Crippen LogP contribution in [0.3, 0.4) is 0 Å². The maximum absolute atomic E-state index is 12.6. The van der Waals surface area contributed by atoms with Crippen molar-refractivity contribution in [3.63, 3.8) is 0 Å². The Kier molecular flexibility index (Phi) is 7.38. The van der Waals surface area contributed by atoms with Crippen molar-refractivity contribution in [1.82, 2.24) is 14.8 Å². The van der Waals surface area contributed by atoms with Gasteiger partial charge in [-0.25, -0.2) is 0 Å². The largest absolute Gasteiger partial charge is 0.325 e. The number of rotatable bonds is 7. The van der Waals surface area contributed by atoms with E-state index in [-0.39, 0.29) is 11.7 Å². The summed E-state index contributed by atoms with van der Waals surface area (Å²) in [6, 6.07) is 21.3. The number of nitrogens with one attached hydrogen (secondary N) is 1. The molecule has 0 bridgehead atoms. The van der Waals surface area contributed by atoms with Gasteiger partial charge in [-0.1, -0.05) is 71.4 Å². The van der Waals surface area contributed by atoms with E-state index >= 15 is 0 Å². The molecule has 0 unspecified atom stereocenters. The Bertz CT molecular complexity index is 1270. The third-order valence-corrected chi connectivity index (χ3v) is 6.50. The van der Waals surface area contributed by atoms with Crippen LogP contribution >= 0.6 is 35.0 Å². The van der Waals surface area contributed by atoms with Crippen LogP contribution in [0, 0.1) is 13.8 Å². The summed E-state index contributed by atoms with van der Waals surface area (Å²) in [7, 11) is 0. The summed E-state index contributed by atoms with van der Waals surface area (Å²) < 4.78 is 2.02. The van der Waals surface area contributed by atoms with Crippen LogP contribution in [0.4, 0.5) is 5.69 Å². The lowest BCUT2D eigenvalue weighted by Crippen LogP contribution is -2.14. The number of aryl methyl sites for hydroxylation is 2. The molecule has 1 N–H and O–H groups in total. The number of hydrogen-bond donors (Lipinski definition) is 1. The number of halogens is 2. The number of anilines is 1. The minimum atomic E-state index is -0.183. The quantitative estimate of drug-likeness (QED) is 0.296. The zero-order valence-electron chi connectivity index (χ0n) is 18.2. The summed E-state index contributed by atoms with van der Waals surface area (Å²) in [4.78, 5) is 12.6. The van der Waals surface area contributed by atoms with Crippen molar-refractivity contribution in [1.29, 1.82) is 0 Å². The topological polar surface area (TPSA) is 59.8 Å². The number of amides is 1. The lowest BCUT2D eigenvalue weighted by molar-refractivity contribution is -0.113. The molecule has 0 aliphatic heterocycles. The van der Waals surface area contributed by atoms with Gasteiger partial charge in [0, 0.05) is 27.8 Å². The van der Waals surface area contributed by atoms with Crippen LogP contribution in [0.2, 0.25) is 10.0 Å². The lowest BCUT2D eigenvalue weighted by atomic mass is 10.1. The number of carbonyl (C=O) groups excluding carboxylic acids is 1. The molecular formula is C25H22Cl2N4OS. The molecule has 1 aromatic heterocycles. The second-order valence-corrected chi connectivity index (χ2v) is 9.48. The Hall–Kier alpha value is -2.80. The van der Waals surface area contributed by atoms with Crippen LogP contribution in [0.5, 0.6) is 0 Å². The first-order valence-corrected chi connectivity index (χ1v) is 12.1. The molecule has 0 radical (unpaired) electrons. The normalized spacial score (nSPS) is 10.9. The first-order chi connectivity index (χ1) is 15.9. The van der Waals surface area contributed by atoms with E-state index in [1.165, 1.54) is 22.9 Å². The Morgan fingerprint density at radius 2 is 1.67 bits per heavy atom. The minimum Gasteiger partial charge on any atom is -0.325 e. The highest BCUT2D eigenvalue weighted by atomic mass is 35.5. The Labute approximate surface area is 207 Å². The van der Waals surface area contributed by atoms with E-state index in [2.05, 4.69) is 59.7 Å². The summed E-state index contributed by atoms with van der Waals surface area (Å²) in [6.45, 7) is 4.16. The van der Waals surface area contributed by atoms with Crippen molar-refractivity contribution in [2.45, 2.75) is 25.4 Å². The van der Waals surface area contributed by atoms with Crippen LogP contribution in [0.1, 0.15) is 22.5 Å². The first-order valence-electron chi connectivity index (χ1n) is 10.3. The predicted molar refractivity (Wildman–Crippen MR) is 136 cm³/mol. The van der Waals surface area contributed by atoms with Crippen molar-refractivity contribution >= 4 is 46.6 Å². The zero-order chi connectivity index (χ0) is 23.4. The van der Waals surface area contributed by atoms with Crippen molar-refractivity contribution in [2.24, 2.45) is 0 Å². The van der Waals surface area contributed by atoms with E-state index in [0.29, 0.717) is 27.3 Å². The van der Waals surface area contributed by atoms with Crippen LogP contribution in [0.15, 0.2) is 71.9 Å². The Morgan fingerprint density at radius 1 is 0.939 bits per heavy atom. The monoisotopic (exact) mass is 496 g/mol. The fraction of sp³-hybridized carbons (Fsp3) is 0.160. The van der Waals surface area contributed by atoms with E-state index < -0.39 is 0 Å². The molecule has 168 valence electrons. The van der Waals surface area contributed by atoms with Crippen LogP contribution < -0.4 is 5.32 Å². The van der Waals surface area contributed by atoms with Crippen LogP contribution in [-0.4, -0.2) is 26.4 Å². The van der Waals surface area contributed by atoms with Gasteiger partial charge in [-0.2, -0.15) is 0 Å². The average molecular weight is 497 g/mol. The Balaban J connectivity index is 1.58. The molecule has 0 atom stereocenters. The van der Waals surface area contributed by atoms with E-state index in [9.17, 15) is 4.79 Å². The summed E-state index contributed by atoms with van der Waals surface area (Å²) in [5.74, 6) is 0.796. The molecular weight excluding hydrogens is 475 g/mol. The standard InChI is InChI=1S/C25H22Cl2N4OS/c1-16-8-9-22(10-17(16)2)31-23(11-18-6-4-3-5-7-18)29-30-25(31)33-15-24(32)28-21-13-19(26)12-20(27)14-21/h3-10,12-14H,11,15H2,1-2H3,(H,28,32). The van der Waals surface area contributed by atoms with Gasteiger partial charge in [0.15, 0.2) is 5.16 Å². The molecule has 0 aliphatic carbocycles. The molecule has 1 heterocycles. The maximum Gasteiger partial charge on any atom is 0.234 e. The van der Waals surface area contributed by atoms with Crippen molar-refractivity contribution in [3.05, 3.63) is 99.3 Å². The van der Waals surface area contributed by atoms with E-state index in [0.717, 1.165) is 17.1 Å². The number of nitrogens with zero attached hydrogens (tertiary/aromatic N) is 3. The average Bonchev–Trinajstić information content (AvgIpc) is 3.16. The molecule has 0 saturated heterocycles. The smallest absolute Gasteiger partial charge is 0.234 e. The molecule has 0 fully saturated rings. The molecule has 5 nitrogen and oxygen atoms in total. The van der Waals surface area contributed by atoms with Gasteiger partial charge in [-0.05, 0) is 60.9 Å². The summed E-state index contributed by atoms with van der Waals surface area (Å²) in [5.41, 5.74) is 5.06. The highest BCUT2D eigenvalue weighted by Crippen LogP contribution is 2.26. The van der Waals surface area contributed by atoms with Gasteiger partial charge >= 0.3 is 0 Å².